The number of nitrogens with one attached hydrogen (secondary N) is 1. The van der Waals surface area contributed by atoms with Gasteiger partial charge in [-0.15, -0.1) is 0 Å². The Morgan fingerprint density at radius 1 is 1.32 bits per heavy atom. The monoisotopic (exact) mass is 298 g/mol. The van der Waals surface area contributed by atoms with E-state index in [1.54, 1.807) is 0 Å². The van der Waals surface area contributed by atoms with Crippen molar-refractivity contribution in [2.45, 2.75) is 43.8 Å². The second-order valence-corrected chi connectivity index (χ2v) is 5.10. The minimum atomic E-state index is -4.44. The number of carbonyl (C=O) groups excluding carboxylic acids is 1. The molecule has 0 spiro atoms. The molecule has 1 rings (SSSR count). The van der Waals surface area contributed by atoms with Gasteiger partial charge in [-0.1, -0.05) is 31.5 Å². The van der Waals surface area contributed by atoms with Gasteiger partial charge in [-0.05, 0) is 12.8 Å². The molecule has 0 aromatic carbocycles. The Labute approximate surface area is 114 Å². The van der Waals surface area contributed by atoms with Gasteiger partial charge in [0.25, 0.3) is 0 Å². The summed E-state index contributed by atoms with van der Waals surface area (Å²) in [4.78, 5) is 11.8. The topological polar surface area (TPSA) is 64.3 Å². The molecule has 0 unspecified atom stereocenters. The Hall–Kier alpha value is -0.890. The lowest BCUT2D eigenvalue weighted by Crippen LogP contribution is -2.58. The molecule has 4 nitrogen and oxygen atoms in total. The van der Waals surface area contributed by atoms with Crippen molar-refractivity contribution in [3.8, 4) is 0 Å². The Morgan fingerprint density at radius 3 is 2.37 bits per heavy atom. The third kappa shape index (κ3) is 5.32. The van der Waals surface area contributed by atoms with Crippen LogP contribution in [-0.2, 0) is 9.53 Å². The molecule has 1 fully saturated rings. The van der Waals surface area contributed by atoms with Crippen LogP contribution in [0.25, 0.3) is 0 Å². The van der Waals surface area contributed by atoms with E-state index in [9.17, 15) is 18.0 Å². The summed E-state index contributed by atoms with van der Waals surface area (Å²) in [6.07, 6.45) is -0.417. The molecule has 1 aliphatic rings. The molecule has 110 valence electrons. The molecule has 19 heavy (non-hydrogen) atoms. The van der Waals surface area contributed by atoms with E-state index in [-0.39, 0.29) is 4.99 Å². The third-order valence-corrected chi connectivity index (χ3v) is 3.45. The number of carbonyl (C=O) groups is 1. The van der Waals surface area contributed by atoms with Gasteiger partial charge >= 0.3 is 6.18 Å². The number of amides is 1. The van der Waals surface area contributed by atoms with Crippen LogP contribution in [0.2, 0.25) is 0 Å². The van der Waals surface area contributed by atoms with Crippen LogP contribution in [0.4, 0.5) is 13.2 Å². The van der Waals surface area contributed by atoms with Crippen LogP contribution >= 0.6 is 12.2 Å². The molecular weight excluding hydrogens is 281 g/mol. The van der Waals surface area contributed by atoms with Crippen molar-refractivity contribution in [3.05, 3.63) is 0 Å². The fourth-order valence-corrected chi connectivity index (χ4v) is 2.41. The van der Waals surface area contributed by atoms with Gasteiger partial charge < -0.3 is 15.8 Å². The predicted molar refractivity (Wildman–Crippen MR) is 67.6 cm³/mol. The molecule has 0 saturated heterocycles. The molecule has 1 amide bonds. The molecule has 0 heterocycles. The van der Waals surface area contributed by atoms with Crippen LogP contribution in [0.1, 0.15) is 32.1 Å². The quantitative estimate of drug-likeness (QED) is 0.758. The minimum absolute atomic E-state index is 0.177. The number of nitrogens with two attached hydrogens (primary N) is 1. The summed E-state index contributed by atoms with van der Waals surface area (Å²) in [6, 6.07) is 0. The number of hydrogen-bond acceptors (Lipinski definition) is 3. The first-order chi connectivity index (χ1) is 8.75. The third-order valence-electron chi connectivity index (χ3n) is 3.06. The summed E-state index contributed by atoms with van der Waals surface area (Å²) in [5, 5.41) is 2.62. The second-order valence-electron chi connectivity index (χ2n) is 4.66. The van der Waals surface area contributed by atoms with E-state index >= 15 is 0 Å². The van der Waals surface area contributed by atoms with Crippen molar-refractivity contribution in [2.24, 2.45) is 5.73 Å². The zero-order valence-electron chi connectivity index (χ0n) is 10.4. The molecule has 1 saturated carbocycles. The summed E-state index contributed by atoms with van der Waals surface area (Å²) < 4.78 is 39.9. The molecule has 0 atom stereocenters. The molecular formula is C11H17F3N2O2S. The van der Waals surface area contributed by atoms with E-state index in [1.165, 1.54) is 0 Å². The van der Waals surface area contributed by atoms with Crippen LogP contribution in [0, 0.1) is 0 Å². The highest BCUT2D eigenvalue weighted by molar-refractivity contribution is 7.80. The molecule has 1 aliphatic carbocycles. The first-order valence-corrected chi connectivity index (χ1v) is 6.41. The fraction of sp³-hybridized carbons (Fsp3) is 0.818. The van der Waals surface area contributed by atoms with Crippen LogP contribution in [-0.4, -0.2) is 35.8 Å². The predicted octanol–water partition coefficient (Wildman–Crippen LogP) is 1.67. The Morgan fingerprint density at radius 2 is 1.89 bits per heavy atom. The number of hydrogen-bond donors (Lipinski definition) is 2. The van der Waals surface area contributed by atoms with Crippen molar-refractivity contribution in [1.29, 1.82) is 0 Å². The average molecular weight is 298 g/mol. The van der Waals surface area contributed by atoms with Gasteiger partial charge in [-0.3, -0.25) is 4.79 Å². The molecule has 0 radical (unpaired) electrons. The maximum Gasteiger partial charge on any atom is 0.411 e. The van der Waals surface area contributed by atoms with E-state index in [0.29, 0.717) is 12.8 Å². The Balaban J connectivity index is 2.46. The van der Waals surface area contributed by atoms with Crippen LogP contribution in [0.3, 0.4) is 0 Å². The number of halogens is 3. The van der Waals surface area contributed by atoms with E-state index < -0.39 is 30.8 Å². The molecule has 8 heteroatoms. The zero-order valence-corrected chi connectivity index (χ0v) is 11.2. The highest BCUT2D eigenvalue weighted by Crippen LogP contribution is 2.28. The SMILES string of the molecule is NC(=S)C1(NC(=O)COCC(F)(F)F)CCCCC1. The molecule has 3 N–H and O–H groups in total. The van der Waals surface area contributed by atoms with Gasteiger partial charge in [0.15, 0.2) is 0 Å². The lowest BCUT2D eigenvalue weighted by Gasteiger charge is -2.37. The first kappa shape index (κ1) is 16.2. The van der Waals surface area contributed by atoms with Crippen molar-refractivity contribution < 1.29 is 22.7 Å². The lowest BCUT2D eigenvalue weighted by atomic mass is 9.81. The van der Waals surface area contributed by atoms with Gasteiger partial charge in [0.2, 0.25) is 5.91 Å². The maximum atomic E-state index is 11.9. The van der Waals surface area contributed by atoms with Crippen molar-refractivity contribution >= 4 is 23.1 Å². The number of ether oxygens (including phenoxy) is 1. The summed E-state index contributed by atoms with van der Waals surface area (Å²) >= 11 is 4.96. The normalized spacial score (nSPS) is 18.9. The Bertz CT molecular complexity index is 341. The van der Waals surface area contributed by atoms with Gasteiger partial charge in [0, 0.05) is 0 Å². The summed E-state index contributed by atoms with van der Waals surface area (Å²) in [5.41, 5.74) is 4.87. The van der Waals surface area contributed by atoms with Crippen LogP contribution < -0.4 is 11.1 Å². The lowest BCUT2D eigenvalue weighted by molar-refractivity contribution is -0.175. The molecule has 0 aliphatic heterocycles. The first-order valence-electron chi connectivity index (χ1n) is 6.01. The van der Waals surface area contributed by atoms with Crippen LogP contribution in [0.5, 0.6) is 0 Å². The van der Waals surface area contributed by atoms with Gasteiger partial charge in [0.05, 0.1) is 10.5 Å². The van der Waals surface area contributed by atoms with Gasteiger partial charge in [0.1, 0.15) is 13.2 Å². The largest absolute Gasteiger partial charge is 0.411 e. The fourth-order valence-electron chi connectivity index (χ4n) is 2.15. The average Bonchev–Trinajstić information content (AvgIpc) is 2.28. The van der Waals surface area contributed by atoms with E-state index in [2.05, 4.69) is 10.1 Å². The highest BCUT2D eigenvalue weighted by Gasteiger charge is 2.36. The smallest absolute Gasteiger partial charge is 0.391 e. The number of thiocarbonyl (C=S) groups is 1. The number of rotatable bonds is 5. The van der Waals surface area contributed by atoms with E-state index in [4.69, 9.17) is 18.0 Å². The van der Waals surface area contributed by atoms with E-state index in [0.717, 1.165) is 19.3 Å². The Kier molecular flexibility index (Phi) is 5.54. The van der Waals surface area contributed by atoms with Crippen molar-refractivity contribution in [2.75, 3.05) is 13.2 Å². The van der Waals surface area contributed by atoms with Crippen LogP contribution in [0.15, 0.2) is 0 Å². The molecule has 0 bridgehead atoms. The maximum absolute atomic E-state index is 11.9. The number of alkyl halides is 3. The summed E-state index contributed by atoms with van der Waals surface area (Å²) in [7, 11) is 0. The van der Waals surface area contributed by atoms with Crippen molar-refractivity contribution in [3.63, 3.8) is 0 Å². The van der Waals surface area contributed by atoms with Gasteiger partial charge in [-0.25, -0.2) is 0 Å². The summed E-state index contributed by atoms with van der Waals surface area (Å²) in [5.74, 6) is -0.626. The molecule has 0 aromatic heterocycles. The second kappa shape index (κ2) is 6.51. The summed E-state index contributed by atoms with van der Waals surface area (Å²) in [6.45, 7) is -2.09. The zero-order chi connectivity index (χ0) is 14.5. The molecule has 0 aromatic rings. The highest BCUT2D eigenvalue weighted by atomic mass is 32.1. The van der Waals surface area contributed by atoms with E-state index in [1.807, 2.05) is 0 Å². The standard InChI is InChI=1S/C11H17F3N2O2S/c12-11(13,14)7-18-6-8(17)16-10(9(15)19)4-2-1-3-5-10/h1-7H2,(H2,15,19)(H,16,17). The van der Waals surface area contributed by atoms with Crippen molar-refractivity contribution in [1.82, 2.24) is 5.32 Å². The minimum Gasteiger partial charge on any atom is -0.391 e. The van der Waals surface area contributed by atoms with Gasteiger partial charge in [-0.2, -0.15) is 13.2 Å².